The van der Waals surface area contributed by atoms with Crippen LogP contribution in [0.1, 0.15) is 26.3 Å². The molecule has 0 heterocycles. The van der Waals surface area contributed by atoms with Crippen LogP contribution < -0.4 is 9.44 Å². The molecule has 1 amide bonds. The predicted octanol–water partition coefficient (Wildman–Crippen LogP) is 2.18. The topological polar surface area (TPSA) is 84.5 Å². The van der Waals surface area contributed by atoms with E-state index < -0.39 is 21.9 Å². The lowest BCUT2D eigenvalue weighted by atomic mass is 10.2. The van der Waals surface area contributed by atoms with E-state index in [0.717, 1.165) is 5.56 Å². The smallest absolute Gasteiger partial charge is 0.422 e. The van der Waals surface area contributed by atoms with Crippen molar-refractivity contribution in [2.75, 3.05) is 4.72 Å². The molecule has 0 spiro atoms. The molecule has 0 bridgehead atoms. The van der Waals surface area contributed by atoms with E-state index in [4.69, 9.17) is 4.74 Å². The summed E-state index contributed by atoms with van der Waals surface area (Å²) in [6.07, 6.45) is -1.02. The van der Waals surface area contributed by atoms with Gasteiger partial charge in [-0.1, -0.05) is 17.7 Å². The van der Waals surface area contributed by atoms with Crippen LogP contribution in [0.15, 0.2) is 24.3 Å². The van der Waals surface area contributed by atoms with E-state index in [1.807, 2.05) is 6.92 Å². The predicted molar refractivity (Wildman–Crippen MR) is 73.1 cm³/mol. The van der Waals surface area contributed by atoms with Gasteiger partial charge in [0.1, 0.15) is 5.60 Å². The number of rotatable bonds is 3. The van der Waals surface area contributed by atoms with Crippen molar-refractivity contribution >= 4 is 22.0 Å². The summed E-state index contributed by atoms with van der Waals surface area (Å²) >= 11 is 0. The van der Waals surface area contributed by atoms with Crippen molar-refractivity contribution in [1.82, 2.24) is 4.72 Å². The minimum absolute atomic E-state index is 0.363. The quantitative estimate of drug-likeness (QED) is 0.892. The molecular formula is C12H18N2O4S. The summed E-state index contributed by atoms with van der Waals surface area (Å²) in [6.45, 7) is 6.82. The molecule has 0 fully saturated rings. The highest BCUT2D eigenvalue weighted by Gasteiger charge is 2.21. The standard InChI is InChI=1S/C12H18N2O4S/c1-9-5-7-10(8-6-9)13-19(16,17)14-11(15)18-12(2,3)4/h5-8,13H,1-4H3,(H,14,15). The Bertz CT molecular complexity index is 544. The van der Waals surface area contributed by atoms with Crippen LogP contribution in [0.3, 0.4) is 0 Å². The number of anilines is 1. The monoisotopic (exact) mass is 286 g/mol. The first kappa shape index (κ1) is 15.3. The zero-order valence-corrected chi connectivity index (χ0v) is 12.2. The molecule has 1 aromatic carbocycles. The molecule has 7 heteroatoms. The maximum atomic E-state index is 11.7. The van der Waals surface area contributed by atoms with Crippen LogP contribution in [0.5, 0.6) is 0 Å². The molecule has 19 heavy (non-hydrogen) atoms. The number of hydrogen-bond acceptors (Lipinski definition) is 4. The molecule has 0 aromatic heterocycles. The van der Waals surface area contributed by atoms with Gasteiger partial charge in [-0.25, -0.2) is 9.52 Å². The third-order valence-corrected chi connectivity index (χ3v) is 2.86. The van der Waals surface area contributed by atoms with E-state index in [0.29, 0.717) is 5.69 Å². The van der Waals surface area contributed by atoms with Crippen LogP contribution in [0, 0.1) is 6.92 Å². The van der Waals surface area contributed by atoms with E-state index in [9.17, 15) is 13.2 Å². The summed E-state index contributed by atoms with van der Waals surface area (Å²) in [7, 11) is -3.99. The van der Waals surface area contributed by atoms with Crippen molar-refractivity contribution < 1.29 is 17.9 Å². The first-order chi connectivity index (χ1) is 8.57. The van der Waals surface area contributed by atoms with Gasteiger partial charge >= 0.3 is 16.3 Å². The fraction of sp³-hybridized carbons (Fsp3) is 0.417. The summed E-state index contributed by atoms with van der Waals surface area (Å²) < 4.78 is 32.2. The van der Waals surface area contributed by atoms with Gasteiger partial charge in [0, 0.05) is 0 Å². The summed E-state index contributed by atoms with van der Waals surface area (Å²) in [6, 6.07) is 6.71. The van der Waals surface area contributed by atoms with Gasteiger partial charge in [-0.05, 0) is 39.8 Å². The number of carbonyl (C=O) groups is 1. The van der Waals surface area contributed by atoms with Gasteiger partial charge in [-0.3, -0.25) is 4.72 Å². The van der Waals surface area contributed by atoms with Crippen molar-refractivity contribution in [3.8, 4) is 0 Å². The van der Waals surface area contributed by atoms with Gasteiger partial charge < -0.3 is 4.74 Å². The molecule has 0 aliphatic rings. The molecule has 0 radical (unpaired) electrons. The van der Waals surface area contributed by atoms with E-state index in [1.165, 1.54) is 0 Å². The zero-order chi connectivity index (χ0) is 14.7. The highest BCUT2D eigenvalue weighted by atomic mass is 32.2. The van der Waals surface area contributed by atoms with E-state index in [2.05, 4.69) is 4.72 Å². The Hall–Kier alpha value is -1.76. The highest BCUT2D eigenvalue weighted by Crippen LogP contribution is 2.11. The first-order valence-electron chi connectivity index (χ1n) is 5.68. The molecule has 2 N–H and O–H groups in total. The van der Waals surface area contributed by atoms with Crippen molar-refractivity contribution in [2.45, 2.75) is 33.3 Å². The van der Waals surface area contributed by atoms with Gasteiger partial charge in [0.15, 0.2) is 0 Å². The molecule has 0 saturated heterocycles. The second kappa shape index (κ2) is 5.48. The maximum Gasteiger partial charge on any atom is 0.422 e. The van der Waals surface area contributed by atoms with Gasteiger partial charge in [-0.15, -0.1) is 0 Å². The third-order valence-electron chi connectivity index (χ3n) is 1.92. The number of aryl methyl sites for hydroxylation is 1. The number of ether oxygens (including phenoxy) is 1. The summed E-state index contributed by atoms with van der Waals surface area (Å²) in [5, 5.41) is 0. The van der Waals surface area contributed by atoms with Crippen LogP contribution in [-0.2, 0) is 14.9 Å². The Morgan fingerprint density at radius 3 is 2.16 bits per heavy atom. The minimum atomic E-state index is -3.99. The van der Waals surface area contributed by atoms with Gasteiger partial charge in [0.25, 0.3) is 0 Å². The number of nitrogens with one attached hydrogen (secondary N) is 2. The number of benzene rings is 1. The summed E-state index contributed by atoms with van der Waals surface area (Å²) in [5.41, 5.74) is 0.605. The van der Waals surface area contributed by atoms with E-state index in [-0.39, 0.29) is 0 Å². The molecule has 0 aliphatic carbocycles. The van der Waals surface area contributed by atoms with Crippen LogP contribution in [0.25, 0.3) is 0 Å². The van der Waals surface area contributed by atoms with E-state index in [1.54, 1.807) is 49.8 Å². The number of hydrogen-bond donors (Lipinski definition) is 2. The molecule has 106 valence electrons. The molecule has 6 nitrogen and oxygen atoms in total. The molecule has 0 atom stereocenters. The van der Waals surface area contributed by atoms with Crippen LogP contribution >= 0.6 is 0 Å². The zero-order valence-electron chi connectivity index (χ0n) is 11.4. The van der Waals surface area contributed by atoms with Crippen LogP contribution in [0.2, 0.25) is 0 Å². The Balaban J connectivity index is 2.67. The summed E-state index contributed by atoms with van der Waals surface area (Å²) in [4.78, 5) is 11.4. The third kappa shape index (κ3) is 6.10. The van der Waals surface area contributed by atoms with Gasteiger partial charge in [-0.2, -0.15) is 8.42 Å². The van der Waals surface area contributed by atoms with Gasteiger partial charge in [0.2, 0.25) is 0 Å². The average molecular weight is 286 g/mol. The molecule has 1 rings (SSSR count). The van der Waals surface area contributed by atoms with Crippen molar-refractivity contribution in [1.29, 1.82) is 0 Å². The average Bonchev–Trinajstić information content (AvgIpc) is 2.17. The maximum absolute atomic E-state index is 11.7. The number of carbonyl (C=O) groups excluding carboxylic acids is 1. The van der Waals surface area contributed by atoms with Crippen molar-refractivity contribution in [2.24, 2.45) is 0 Å². The van der Waals surface area contributed by atoms with Crippen molar-refractivity contribution in [3.05, 3.63) is 29.8 Å². The largest absolute Gasteiger partial charge is 0.443 e. The molecule has 0 aliphatic heterocycles. The number of amides is 1. The lowest BCUT2D eigenvalue weighted by Gasteiger charge is -2.19. The Labute approximate surface area is 113 Å². The second-order valence-corrected chi connectivity index (χ2v) is 6.49. The first-order valence-corrected chi connectivity index (χ1v) is 7.16. The lowest BCUT2D eigenvalue weighted by molar-refractivity contribution is 0.0570. The SMILES string of the molecule is Cc1ccc(NS(=O)(=O)NC(=O)OC(C)(C)C)cc1. The normalized spacial score (nSPS) is 11.8. The summed E-state index contributed by atoms with van der Waals surface area (Å²) in [5.74, 6) is 0. The Kier molecular flexibility index (Phi) is 4.41. The minimum Gasteiger partial charge on any atom is -0.443 e. The van der Waals surface area contributed by atoms with Crippen molar-refractivity contribution in [3.63, 3.8) is 0 Å². The fourth-order valence-corrected chi connectivity index (χ4v) is 1.97. The van der Waals surface area contributed by atoms with Crippen LogP contribution in [0.4, 0.5) is 10.5 Å². The molecular weight excluding hydrogens is 268 g/mol. The van der Waals surface area contributed by atoms with Gasteiger partial charge in [0.05, 0.1) is 5.69 Å². The van der Waals surface area contributed by atoms with Crippen LogP contribution in [-0.4, -0.2) is 20.1 Å². The molecule has 1 aromatic rings. The Morgan fingerprint density at radius 1 is 1.16 bits per heavy atom. The second-order valence-electron chi connectivity index (χ2n) is 5.08. The lowest BCUT2D eigenvalue weighted by Crippen LogP contribution is -2.39. The fourth-order valence-electron chi connectivity index (χ4n) is 1.21. The molecule has 0 saturated carbocycles. The molecule has 0 unspecified atom stereocenters. The Morgan fingerprint density at radius 2 is 1.68 bits per heavy atom. The van der Waals surface area contributed by atoms with E-state index >= 15 is 0 Å². The highest BCUT2D eigenvalue weighted by molar-refractivity contribution is 7.91.